The van der Waals surface area contributed by atoms with Crippen molar-refractivity contribution in [2.75, 3.05) is 0 Å². The zero-order valence-electron chi connectivity index (χ0n) is 31.4. The summed E-state index contributed by atoms with van der Waals surface area (Å²) in [6.07, 6.45) is 7.35. The normalized spacial score (nSPS) is 26.4. The second kappa shape index (κ2) is 15.8. The molecule has 8 rings (SSSR count). The maximum atomic E-state index is 14.5. The number of ketones is 1. The van der Waals surface area contributed by atoms with E-state index in [4.69, 9.17) is 9.31 Å². The zero-order valence-corrected chi connectivity index (χ0v) is 32.2. The smallest absolute Gasteiger partial charge is 0.404 e. The average Bonchev–Trinajstić information content (AvgIpc) is 3.49. The van der Waals surface area contributed by atoms with Crippen LogP contribution in [-0.2, 0) is 47.5 Å². The van der Waals surface area contributed by atoms with Gasteiger partial charge >= 0.3 is 7.12 Å². The first kappa shape index (κ1) is 38.0. The molecule has 4 aliphatic carbocycles. The van der Waals surface area contributed by atoms with E-state index in [2.05, 4.69) is 30.8 Å². The van der Waals surface area contributed by atoms with Gasteiger partial charge in [0.25, 0.3) is 0 Å². The van der Waals surface area contributed by atoms with Crippen LogP contribution in [0.3, 0.4) is 0 Å². The molecule has 3 aromatic rings. The van der Waals surface area contributed by atoms with Crippen LogP contribution in [0, 0.1) is 29.1 Å². The van der Waals surface area contributed by atoms with Crippen molar-refractivity contribution in [3.05, 3.63) is 108 Å². The third-order valence-electron chi connectivity index (χ3n) is 13.1. The van der Waals surface area contributed by atoms with Gasteiger partial charge in [-0.1, -0.05) is 124 Å². The first-order chi connectivity index (χ1) is 25.4. The van der Waals surface area contributed by atoms with Gasteiger partial charge in [-0.3, -0.25) is 9.59 Å². The largest absolute Gasteiger partial charge is 0.481 e. The molecule has 8 nitrogen and oxygen atoms in total. The summed E-state index contributed by atoms with van der Waals surface area (Å²) in [7, 11) is -4.42. The molecule has 2 N–H and O–H groups in total. The third-order valence-corrected chi connectivity index (χ3v) is 14.4. The Balaban J connectivity index is 1.11. The van der Waals surface area contributed by atoms with Gasteiger partial charge in [-0.2, -0.15) is 0 Å². The Bertz CT molecular complexity index is 1820. The van der Waals surface area contributed by atoms with E-state index in [1.807, 2.05) is 66.7 Å². The number of aryl methyl sites for hydroxylation is 1. The SMILES string of the molecule is CC1(C)[C@@H]2C[C@H]3OB([C@H](CC4CCC4)NC(=O)[C@@H](CC(=O)[C@H](CCc4ccccc4)NS(=O)(=O)Cc4ccccc4)Cc4ccccc4)O[C@@]3(C)[C@H]1C2. The molecule has 1 heterocycles. The lowest BCUT2D eigenvalue weighted by atomic mass is 9.43. The van der Waals surface area contributed by atoms with Crippen LogP contribution in [0.4, 0.5) is 0 Å². The van der Waals surface area contributed by atoms with Crippen molar-refractivity contribution < 1.29 is 27.3 Å². The number of carbonyl (C=O) groups is 2. The summed E-state index contributed by atoms with van der Waals surface area (Å²) in [5, 5.41) is 3.36. The van der Waals surface area contributed by atoms with Crippen LogP contribution in [0.2, 0.25) is 0 Å². The molecule has 1 saturated heterocycles. The highest BCUT2D eigenvalue weighted by molar-refractivity contribution is 7.88. The molecule has 0 unspecified atom stereocenters. The first-order valence-electron chi connectivity index (χ1n) is 19.7. The van der Waals surface area contributed by atoms with Crippen LogP contribution in [0.15, 0.2) is 91.0 Å². The molecule has 5 aliphatic rings. The lowest BCUT2D eigenvalue weighted by molar-refractivity contribution is -0.199. The molecule has 282 valence electrons. The highest BCUT2D eigenvalue weighted by atomic mass is 32.2. The minimum Gasteiger partial charge on any atom is -0.404 e. The van der Waals surface area contributed by atoms with E-state index in [0.29, 0.717) is 36.2 Å². The van der Waals surface area contributed by atoms with E-state index in [1.165, 1.54) is 6.42 Å². The number of sulfonamides is 1. The monoisotopic (exact) mass is 738 g/mol. The lowest BCUT2D eigenvalue weighted by Crippen LogP contribution is -2.65. The fourth-order valence-corrected chi connectivity index (χ4v) is 10.9. The van der Waals surface area contributed by atoms with Crippen LogP contribution in [0.5, 0.6) is 0 Å². The van der Waals surface area contributed by atoms with Crippen molar-refractivity contribution in [2.45, 2.75) is 114 Å². The Morgan fingerprint density at radius 3 is 2.09 bits per heavy atom. The summed E-state index contributed by atoms with van der Waals surface area (Å²) in [6.45, 7) is 6.89. The molecule has 1 aliphatic heterocycles. The molecule has 3 aromatic carbocycles. The topological polar surface area (TPSA) is 111 Å². The molecule has 10 heteroatoms. The molecule has 4 saturated carbocycles. The Labute approximate surface area is 316 Å². The molecule has 0 aromatic heterocycles. The molecule has 7 atom stereocenters. The average molecular weight is 739 g/mol. The quantitative estimate of drug-likeness (QED) is 0.146. The van der Waals surface area contributed by atoms with Crippen molar-refractivity contribution in [3.63, 3.8) is 0 Å². The van der Waals surface area contributed by atoms with Crippen LogP contribution < -0.4 is 10.0 Å². The molecular weight excluding hydrogens is 683 g/mol. The predicted molar refractivity (Wildman–Crippen MR) is 208 cm³/mol. The van der Waals surface area contributed by atoms with Gasteiger partial charge in [0, 0.05) is 12.3 Å². The van der Waals surface area contributed by atoms with E-state index in [0.717, 1.165) is 43.2 Å². The van der Waals surface area contributed by atoms with Crippen LogP contribution in [-0.4, -0.2) is 50.9 Å². The predicted octanol–water partition coefficient (Wildman–Crippen LogP) is 6.87. The number of hydrogen-bond acceptors (Lipinski definition) is 6. The van der Waals surface area contributed by atoms with Crippen LogP contribution in [0.25, 0.3) is 0 Å². The number of rotatable bonds is 17. The highest BCUT2D eigenvalue weighted by Gasteiger charge is 2.68. The maximum Gasteiger partial charge on any atom is 0.481 e. The van der Waals surface area contributed by atoms with Gasteiger partial charge < -0.3 is 14.6 Å². The molecule has 5 fully saturated rings. The van der Waals surface area contributed by atoms with Crippen LogP contribution >= 0.6 is 0 Å². The van der Waals surface area contributed by atoms with Gasteiger partial charge in [0.1, 0.15) is 0 Å². The van der Waals surface area contributed by atoms with Gasteiger partial charge in [0.15, 0.2) is 5.78 Å². The molecular formula is C43H55BN2O6S. The molecule has 0 radical (unpaired) electrons. The summed E-state index contributed by atoms with van der Waals surface area (Å²) in [5.74, 6) is -0.293. The van der Waals surface area contributed by atoms with E-state index in [1.54, 1.807) is 24.3 Å². The molecule has 0 spiro atoms. The number of amides is 1. The van der Waals surface area contributed by atoms with E-state index < -0.39 is 34.7 Å². The second-order valence-corrected chi connectivity index (χ2v) is 18.7. The molecule has 2 bridgehead atoms. The number of nitrogens with one attached hydrogen (secondary N) is 2. The summed E-state index contributed by atoms with van der Waals surface area (Å²) in [4.78, 5) is 28.9. The molecule has 53 heavy (non-hydrogen) atoms. The Morgan fingerprint density at radius 1 is 0.868 bits per heavy atom. The van der Waals surface area contributed by atoms with Crippen molar-refractivity contribution in [3.8, 4) is 0 Å². The number of carbonyl (C=O) groups excluding carboxylic acids is 2. The standard InChI is InChI=1S/C43H55BN2O6S/c1-42(2)35-27-38(42)43(3)39(28-35)51-44(52-43)40(25-32-20-13-21-32)45-41(48)34(24-31-16-9-5-10-17-31)26-37(47)36(23-22-30-14-7-4-8-15-30)46-53(49,50)29-33-18-11-6-12-19-33/h4-12,14-19,32,34-36,38-40,46H,13,20-29H2,1-3H3,(H,45,48)/t34-,35+,36+,38+,39-,40+,43+/m1/s1. The van der Waals surface area contributed by atoms with E-state index >= 15 is 0 Å². The van der Waals surface area contributed by atoms with Gasteiger partial charge in [-0.25, -0.2) is 13.1 Å². The summed E-state index contributed by atoms with van der Waals surface area (Å²) >= 11 is 0. The van der Waals surface area contributed by atoms with Crippen molar-refractivity contribution in [1.82, 2.24) is 10.0 Å². The number of benzene rings is 3. The fourth-order valence-electron chi connectivity index (χ4n) is 9.53. The van der Waals surface area contributed by atoms with Gasteiger partial charge in [0.05, 0.1) is 29.4 Å². The Morgan fingerprint density at radius 2 is 1.49 bits per heavy atom. The van der Waals surface area contributed by atoms with E-state index in [-0.39, 0.29) is 47.7 Å². The zero-order chi connectivity index (χ0) is 37.2. The van der Waals surface area contributed by atoms with Crippen molar-refractivity contribution >= 4 is 28.8 Å². The van der Waals surface area contributed by atoms with Gasteiger partial charge in [-0.05, 0) is 85.3 Å². The molecule has 1 amide bonds. The fraction of sp³-hybridized carbons (Fsp3) is 0.535. The lowest BCUT2D eigenvalue weighted by Gasteiger charge is -2.64. The van der Waals surface area contributed by atoms with Gasteiger partial charge in [0.2, 0.25) is 15.9 Å². The Kier molecular flexibility index (Phi) is 11.3. The second-order valence-electron chi connectivity index (χ2n) is 17.0. The van der Waals surface area contributed by atoms with E-state index in [9.17, 15) is 18.0 Å². The number of hydrogen-bond donors (Lipinski definition) is 2. The summed E-state index contributed by atoms with van der Waals surface area (Å²) in [6, 6.07) is 27.4. The first-order valence-corrected chi connectivity index (χ1v) is 21.3. The maximum absolute atomic E-state index is 14.5. The van der Waals surface area contributed by atoms with Crippen molar-refractivity contribution in [1.29, 1.82) is 0 Å². The Hall–Kier alpha value is -3.31. The third kappa shape index (κ3) is 8.66. The minimum absolute atomic E-state index is 0.000966. The van der Waals surface area contributed by atoms with Crippen molar-refractivity contribution in [2.24, 2.45) is 29.1 Å². The number of Topliss-reactive ketones (excluding diaryl/α,β-unsaturated/α-hetero) is 1. The van der Waals surface area contributed by atoms with Crippen LogP contribution in [0.1, 0.15) is 88.8 Å². The summed E-state index contributed by atoms with van der Waals surface area (Å²) < 4.78 is 43.3. The van der Waals surface area contributed by atoms with Gasteiger partial charge in [-0.15, -0.1) is 0 Å². The summed E-state index contributed by atoms with van der Waals surface area (Å²) in [5.41, 5.74) is 2.40. The minimum atomic E-state index is -3.87. The highest BCUT2D eigenvalue weighted by Crippen LogP contribution is 2.65.